The number of hydrogen-bond acceptors (Lipinski definition) is 2. The Morgan fingerprint density at radius 2 is 1.88 bits per heavy atom. The number of hydrogen-bond donors (Lipinski definition) is 1. The van der Waals surface area contributed by atoms with Crippen molar-refractivity contribution in [2.75, 3.05) is 6.61 Å². The highest BCUT2D eigenvalue weighted by Crippen LogP contribution is 2.26. The SMILES string of the molecule is Cl.O=C1N[C@@H](c2c(F)ccc(F)c2F)CCO1. The second-order valence-corrected chi connectivity index (χ2v) is 3.38. The van der Waals surface area contributed by atoms with Gasteiger partial charge in [0.05, 0.1) is 12.6 Å². The van der Waals surface area contributed by atoms with Gasteiger partial charge in [-0.1, -0.05) is 0 Å². The normalized spacial score (nSPS) is 19.0. The van der Waals surface area contributed by atoms with Gasteiger partial charge in [-0.3, -0.25) is 0 Å². The minimum atomic E-state index is -1.27. The van der Waals surface area contributed by atoms with Crippen LogP contribution in [0.3, 0.4) is 0 Å². The van der Waals surface area contributed by atoms with E-state index < -0.39 is 35.2 Å². The molecule has 3 nitrogen and oxygen atoms in total. The fraction of sp³-hybridized carbons (Fsp3) is 0.300. The van der Waals surface area contributed by atoms with Gasteiger partial charge in [0.2, 0.25) is 0 Å². The van der Waals surface area contributed by atoms with Crippen molar-refractivity contribution in [1.82, 2.24) is 5.32 Å². The van der Waals surface area contributed by atoms with Gasteiger partial charge in [-0.15, -0.1) is 12.4 Å². The lowest BCUT2D eigenvalue weighted by Gasteiger charge is -2.24. The second kappa shape index (κ2) is 5.27. The monoisotopic (exact) mass is 267 g/mol. The summed E-state index contributed by atoms with van der Waals surface area (Å²) < 4.78 is 44.2. The fourth-order valence-corrected chi connectivity index (χ4v) is 1.60. The molecule has 0 radical (unpaired) electrons. The molecular formula is C10H9ClF3NO2. The average Bonchev–Trinajstić information content (AvgIpc) is 2.24. The standard InChI is InChI=1S/C10H8F3NO2.ClH/c11-5-1-2-6(12)9(13)8(5)7-3-4-16-10(15)14-7;/h1-2,7H,3-4H2,(H,14,15);1H/t7-;/m1./s1. The summed E-state index contributed by atoms with van der Waals surface area (Å²) in [5.74, 6) is -3.30. The molecule has 2 rings (SSSR count). The van der Waals surface area contributed by atoms with Crippen molar-refractivity contribution in [2.45, 2.75) is 12.5 Å². The van der Waals surface area contributed by atoms with Gasteiger partial charge in [0.25, 0.3) is 0 Å². The van der Waals surface area contributed by atoms with Gasteiger partial charge in [-0.2, -0.15) is 0 Å². The third-order valence-corrected chi connectivity index (χ3v) is 2.36. The van der Waals surface area contributed by atoms with E-state index in [1.165, 1.54) is 0 Å². The molecule has 0 spiro atoms. The highest BCUT2D eigenvalue weighted by molar-refractivity contribution is 5.85. The third kappa shape index (κ3) is 2.63. The highest BCUT2D eigenvalue weighted by atomic mass is 35.5. The number of amides is 1. The van der Waals surface area contributed by atoms with E-state index in [1.54, 1.807) is 0 Å². The van der Waals surface area contributed by atoms with Crippen molar-refractivity contribution >= 4 is 18.5 Å². The van der Waals surface area contributed by atoms with Crippen LogP contribution in [0.1, 0.15) is 18.0 Å². The van der Waals surface area contributed by atoms with Crippen molar-refractivity contribution < 1.29 is 22.7 Å². The maximum atomic E-state index is 13.4. The lowest BCUT2D eigenvalue weighted by atomic mass is 10.0. The Labute approximate surface area is 101 Å². The van der Waals surface area contributed by atoms with Crippen LogP contribution in [0.5, 0.6) is 0 Å². The van der Waals surface area contributed by atoms with E-state index in [9.17, 15) is 18.0 Å². The van der Waals surface area contributed by atoms with E-state index in [-0.39, 0.29) is 25.4 Å². The van der Waals surface area contributed by atoms with Crippen LogP contribution in [0.2, 0.25) is 0 Å². The number of rotatable bonds is 1. The molecule has 1 aliphatic heterocycles. The van der Waals surface area contributed by atoms with Crippen LogP contribution < -0.4 is 5.32 Å². The van der Waals surface area contributed by atoms with Gasteiger partial charge in [-0.05, 0) is 12.1 Å². The number of cyclic esters (lactones) is 1. The molecule has 1 aromatic rings. The maximum absolute atomic E-state index is 13.4. The Bertz CT molecular complexity index is 442. The number of halogens is 4. The second-order valence-electron chi connectivity index (χ2n) is 3.38. The van der Waals surface area contributed by atoms with Gasteiger partial charge < -0.3 is 10.1 Å². The van der Waals surface area contributed by atoms with Crippen molar-refractivity contribution in [3.63, 3.8) is 0 Å². The number of ether oxygens (including phenoxy) is 1. The molecule has 0 unspecified atom stereocenters. The lowest BCUT2D eigenvalue weighted by molar-refractivity contribution is 0.114. The van der Waals surface area contributed by atoms with Gasteiger partial charge in [0.1, 0.15) is 5.82 Å². The quantitative estimate of drug-likeness (QED) is 0.795. The summed E-state index contributed by atoms with van der Waals surface area (Å²) >= 11 is 0. The summed E-state index contributed by atoms with van der Waals surface area (Å²) in [6.07, 6.45) is -0.567. The minimum absolute atomic E-state index is 0. The molecule has 0 bridgehead atoms. The van der Waals surface area contributed by atoms with Crippen LogP contribution >= 0.6 is 12.4 Å². The van der Waals surface area contributed by atoms with E-state index in [0.717, 1.165) is 6.07 Å². The zero-order chi connectivity index (χ0) is 11.7. The van der Waals surface area contributed by atoms with Crippen LogP contribution in [0.4, 0.5) is 18.0 Å². The molecule has 1 saturated heterocycles. The van der Waals surface area contributed by atoms with E-state index in [4.69, 9.17) is 0 Å². The molecule has 0 aromatic heterocycles. The van der Waals surface area contributed by atoms with Crippen LogP contribution in [0, 0.1) is 17.5 Å². The molecule has 1 aromatic carbocycles. The molecule has 1 aliphatic rings. The maximum Gasteiger partial charge on any atom is 0.407 e. The van der Waals surface area contributed by atoms with Gasteiger partial charge >= 0.3 is 6.09 Å². The van der Waals surface area contributed by atoms with Crippen LogP contribution in [0.25, 0.3) is 0 Å². The number of carbonyl (C=O) groups is 1. The molecule has 1 atom stereocenters. The highest BCUT2D eigenvalue weighted by Gasteiger charge is 2.27. The van der Waals surface area contributed by atoms with E-state index in [2.05, 4.69) is 10.1 Å². The molecule has 94 valence electrons. The summed E-state index contributed by atoms with van der Waals surface area (Å²) in [6.45, 7) is 0.0475. The first-order valence-electron chi connectivity index (χ1n) is 4.66. The molecular weight excluding hydrogens is 259 g/mol. The smallest absolute Gasteiger partial charge is 0.407 e. The molecule has 1 heterocycles. The van der Waals surface area contributed by atoms with Crippen LogP contribution in [-0.4, -0.2) is 12.7 Å². The Balaban J connectivity index is 0.00000144. The Hall–Kier alpha value is -1.43. The van der Waals surface area contributed by atoms with Crippen LogP contribution in [0.15, 0.2) is 12.1 Å². The predicted octanol–water partition coefficient (Wildman–Crippen LogP) is 2.70. The molecule has 1 amide bonds. The minimum Gasteiger partial charge on any atom is -0.449 e. The Morgan fingerprint density at radius 1 is 1.24 bits per heavy atom. The molecule has 0 saturated carbocycles. The molecule has 17 heavy (non-hydrogen) atoms. The van der Waals surface area contributed by atoms with E-state index >= 15 is 0 Å². The number of alkyl carbamates (subject to hydrolysis) is 1. The van der Waals surface area contributed by atoms with E-state index in [1.807, 2.05) is 0 Å². The van der Waals surface area contributed by atoms with Gasteiger partial charge in [0.15, 0.2) is 11.6 Å². The first-order valence-corrected chi connectivity index (χ1v) is 4.66. The number of benzene rings is 1. The van der Waals surface area contributed by atoms with E-state index in [0.29, 0.717) is 6.07 Å². The summed E-state index contributed by atoms with van der Waals surface area (Å²) in [4.78, 5) is 10.9. The van der Waals surface area contributed by atoms with Crippen LogP contribution in [-0.2, 0) is 4.74 Å². The zero-order valence-electron chi connectivity index (χ0n) is 8.50. The predicted molar refractivity (Wildman–Crippen MR) is 55.4 cm³/mol. The Morgan fingerprint density at radius 3 is 2.53 bits per heavy atom. The third-order valence-electron chi connectivity index (χ3n) is 2.36. The lowest BCUT2D eigenvalue weighted by Crippen LogP contribution is -2.36. The van der Waals surface area contributed by atoms with Gasteiger partial charge in [0, 0.05) is 12.0 Å². The molecule has 7 heteroatoms. The number of nitrogens with one attached hydrogen (secondary N) is 1. The first kappa shape index (κ1) is 13.6. The summed E-state index contributed by atoms with van der Waals surface area (Å²) in [5, 5.41) is 2.23. The van der Waals surface area contributed by atoms with Gasteiger partial charge in [-0.25, -0.2) is 18.0 Å². The molecule has 0 aliphatic carbocycles. The van der Waals surface area contributed by atoms with Crippen molar-refractivity contribution in [3.05, 3.63) is 35.1 Å². The first-order chi connectivity index (χ1) is 7.59. The zero-order valence-corrected chi connectivity index (χ0v) is 9.32. The van der Waals surface area contributed by atoms with Crippen molar-refractivity contribution in [1.29, 1.82) is 0 Å². The summed E-state index contributed by atoms with van der Waals surface area (Å²) in [7, 11) is 0. The molecule has 1 fully saturated rings. The summed E-state index contributed by atoms with van der Waals surface area (Å²) in [5.41, 5.74) is -0.461. The largest absolute Gasteiger partial charge is 0.449 e. The number of carbonyl (C=O) groups excluding carboxylic acids is 1. The average molecular weight is 268 g/mol. The fourth-order valence-electron chi connectivity index (χ4n) is 1.60. The Kier molecular flexibility index (Phi) is 4.22. The molecule has 1 N–H and O–H groups in total. The summed E-state index contributed by atoms with van der Waals surface area (Å²) in [6, 6.07) is 0.641. The van der Waals surface area contributed by atoms with Crippen molar-refractivity contribution in [3.8, 4) is 0 Å². The van der Waals surface area contributed by atoms with Crippen molar-refractivity contribution in [2.24, 2.45) is 0 Å². The topological polar surface area (TPSA) is 38.3 Å².